The molecule has 16 heteroatoms. The van der Waals surface area contributed by atoms with Crippen LogP contribution in [0.2, 0.25) is 0 Å². The number of nitrogens with zero attached hydrogens (tertiary/aromatic N) is 4. The molecule has 2 atom stereocenters. The second-order valence-electron chi connectivity index (χ2n) is 25.8. The van der Waals surface area contributed by atoms with E-state index in [-0.39, 0.29) is 47.6 Å². The van der Waals surface area contributed by atoms with Crippen molar-refractivity contribution in [2.24, 2.45) is 11.5 Å². The van der Waals surface area contributed by atoms with Crippen molar-refractivity contribution in [3.8, 4) is 28.5 Å². The Labute approximate surface area is 615 Å². The van der Waals surface area contributed by atoms with E-state index in [4.69, 9.17) is 11.5 Å². The molecule has 0 saturated heterocycles. The number of rotatable bonds is 4. The maximum absolute atomic E-state index is 13.0. The number of H-pyrrole nitrogens is 5. The van der Waals surface area contributed by atoms with E-state index >= 15 is 0 Å². The number of hydrogen-bond acceptors (Lipinski definition) is 5. The van der Waals surface area contributed by atoms with Crippen molar-refractivity contribution in [2.75, 3.05) is 0 Å². The van der Waals surface area contributed by atoms with E-state index in [9.17, 15) is 14.7 Å². The molecule has 20 aromatic rings. The molecule has 1 aliphatic carbocycles. The summed E-state index contributed by atoms with van der Waals surface area (Å²) in [6.45, 7) is 0. The van der Waals surface area contributed by atoms with Crippen LogP contribution in [0.5, 0.6) is 5.75 Å². The Morgan fingerprint density at radius 2 is 0.816 bits per heavy atom. The molecule has 2 unspecified atom stereocenters. The van der Waals surface area contributed by atoms with Crippen molar-refractivity contribution in [1.82, 2.24) is 38.2 Å². The molecule has 0 bridgehead atoms. The van der Waals surface area contributed by atoms with Crippen molar-refractivity contribution < 1.29 is 29.0 Å². The van der Waals surface area contributed by atoms with Gasteiger partial charge < -0.3 is 54.8 Å². The molecule has 11 aromatic carbocycles. The van der Waals surface area contributed by atoms with Crippen LogP contribution < -0.4 is 51.3 Å². The zero-order chi connectivity index (χ0) is 69.0. The third kappa shape index (κ3) is 11.7. The molecule has 9 N–H and O–H groups in total. The van der Waals surface area contributed by atoms with Crippen LogP contribution in [-0.2, 0) is 0 Å². The van der Waals surface area contributed by atoms with E-state index in [2.05, 4.69) is 211 Å². The SMILES string of the molecule is Ic1ccccc1.NC1CCCCC1N.O=c1cccc2[nH]c3c([nH]cc4[nH]c5ccccc5c43)c12.O=c1cccc2c1c1[nH]cc3c(c4ccccc4n3-c3ccccc3)c1n2-c1ccccc1.[Li+].[O-]c1cccc2c1c1[nH+]cc3c(c4ccccc4n3-c3ccccc3)c1n2-c1ccccc1. The maximum atomic E-state index is 13.0. The summed E-state index contributed by atoms with van der Waals surface area (Å²) in [5.41, 5.74) is 30.4. The van der Waals surface area contributed by atoms with Crippen LogP contribution in [0.15, 0.2) is 307 Å². The van der Waals surface area contributed by atoms with E-state index in [1.54, 1.807) is 24.3 Å². The summed E-state index contributed by atoms with van der Waals surface area (Å²) in [6.07, 6.45) is 10.8. The predicted octanol–water partition coefficient (Wildman–Crippen LogP) is 15.5. The first-order chi connectivity index (χ1) is 50.2. The van der Waals surface area contributed by atoms with Crippen LogP contribution in [0.4, 0.5) is 0 Å². The summed E-state index contributed by atoms with van der Waals surface area (Å²) in [5.74, 6) is 0.0228. The summed E-state index contributed by atoms with van der Waals surface area (Å²) in [4.78, 5) is 42.2. The molecule has 9 aromatic heterocycles. The molecule has 1 saturated carbocycles. The summed E-state index contributed by atoms with van der Waals surface area (Å²) < 4.78 is 10.3. The number of aromatic amines is 5. The third-order valence-corrected chi connectivity index (χ3v) is 20.4. The largest absolute Gasteiger partial charge is 1.00 e. The Morgan fingerprint density at radius 1 is 0.369 bits per heavy atom. The number of nitrogens with two attached hydrogens (primary N) is 2. The normalized spacial score (nSPS) is 13.7. The number of benzene rings is 11. The Hall–Kier alpha value is -11.7. The molecule has 496 valence electrons. The first-order valence-electron chi connectivity index (χ1n) is 34.3. The molecule has 9 heterocycles. The molecule has 0 spiro atoms. The summed E-state index contributed by atoms with van der Waals surface area (Å²) in [7, 11) is 0. The van der Waals surface area contributed by atoms with E-state index in [0.717, 1.165) is 167 Å². The summed E-state index contributed by atoms with van der Waals surface area (Å²) in [6, 6.07) is 93.6. The predicted molar refractivity (Wildman–Crippen MR) is 426 cm³/mol. The Balaban J connectivity index is 0.000000109. The number of para-hydroxylation sites is 7. The minimum absolute atomic E-state index is 0. The number of nitrogens with one attached hydrogen (secondary N) is 5. The van der Waals surface area contributed by atoms with E-state index in [1.165, 1.54) is 16.4 Å². The third-order valence-electron chi connectivity index (χ3n) is 19.7. The zero-order valence-electron chi connectivity index (χ0n) is 56.3. The fourth-order valence-electron chi connectivity index (χ4n) is 15.2. The number of aromatic nitrogens is 9. The monoisotopic (exact) mass is 1450 g/mol. The average Bonchev–Trinajstić information content (AvgIpc) is 1.55. The molecule has 14 nitrogen and oxygen atoms in total. The molecule has 1 aliphatic rings. The van der Waals surface area contributed by atoms with Crippen LogP contribution in [-0.4, -0.2) is 50.3 Å². The minimum atomic E-state index is 0. The molecule has 103 heavy (non-hydrogen) atoms. The van der Waals surface area contributed by atoms with Gasteiger partial charge in [-0.2, -0.15) is 0 Å². The molecular formula is C87H68ILiN11O3+. The van der Waals surface area contributed by atoms with Gasteiger partial charge in [0.2, 0.25) is 5.52 Å². The van der Waals surface area contributed by atoms with Gasteiger partial charge in [0.25, 0.3) is 0 Å². The van der Waals surface area contributed by atoms with Crippen molar-refractivity contribution in [1.29, 1.82) is 0 Å². The summed E-state index contributed by atoms with van der Waals surface area (Å²) >= 11 is 2.28. The molecule has 0 radical (unpaired) electrons. The number of fused-ring (bicyclic) bond motifs is 21. The molecule has 21 rings (SSSR count). The smallest absolute Gasteiger partial charge is 0.872 e. The molecular weight excluding hydrogens is 1380 g/mol. The van der Waals surface area contributed by atoms with Crippen molar-refractivity contribution in [3.63, 3.8) is 0 Å². The van der Waals surface area contributed by atoms with Crippen molar-refractivity contribution in [3.05, 3.63) is 322 Å². The van der Waals surface area contributed by atoms with Gasteiger partial charge in [0.15, 0.2) is 17.1 Å². The average molecular weight is 1450 g/mol. The quantitative estimate of drug-likeness (QED) is 0.0749. The van der Waals surface area contributed by atoms with Crippen molar-refractivity contribution >= 4 is 154 Å². The molecule has 1 fully saturated rings. The van der Waals surface area contributed by atoms with Crippen LogP contribution in [0.3, 0.4) is 0 Å². The second kappa shape index (κ2) is 28.0. The van der Waals surface area contributed by atoms with Crippen LogP contribution in [0, 0.1) is 3.57 Å². The number of hydrogen-bond donors (Lipinski definition) is 6. The number of halogens is 1. The summed E-state index contributed by atoms with van der Waals surface area (Å²) in [5, 5.41) is 22.0. The van der Waals surface area contributed by atoms with Gasteiger partial charge in [-0.3, -0.25) is 9.59 Å². The first-order valence-corrected chi connectivity index (χ1v) is 35.4. The number of pyridine rings is 3. The fourth-order valence-corrected chi connectivity index (χ4v) is 15.6. The maximum Gasteiger partial charge on any atom is 1.00 e. The van der Waals surface area contributed by atoms with E-state index < -0.39 is 0 Å². The Kier molecular flexibility index (Phi) is 17.9. The van der Waals surface area contributed by atoms with Gasteiger partial charge in [0.1, 0.15) is 11.0 Å². The van der Waals surface area contributed by atoms with Crippen LogP contribution >= 0.6 is 22.6 Å². The Morgan fingerprint density at radius 3 is 1.39 bits per heavy atom. The minimum Gasteiger partial charge on any atom is -0.872 e. The molecule has 0 aliphatic heterocycles. The van der Waals surface area contributed by atoms with Crippen LogP contribution in [0.1, 0.15) is 25.7 Å². The van der Waals surface area contributed by atoms with Gasteiger partial charge in [-0.25, -0.2) is 4.98 Å². The standard InChI is InChI=1S/2C29H19N3O.C17H11N3O.C6H5I.C6H14N2.Li/c2*33-25-17-9-16-23-27(25)28-29(32(23)20-12-5-2-6-13-20)26-21-14-7-8-15-22(21)31(24(26)18-30-28)19-10-3-1-4-11-19;21-13-7-3-6-11-15(13)16-17(20-11)14-9-4-1-2-5-10(9)19-12(14)8-18-16;7-6-4-2-1-3-5-6;7-5-3-1-2-4-6(5)8;/h1-18,33H;1-18,30H;1-8,18-20H;1-5H;5-6H,1-4,7-8H2;/q;;;;;+1. The van der Waals surface area contributed by atoms with Gasteiger partial charge in [-0.05, 0) is 145 Å². The van der Waals surface area contributed by atoms with E-state index in [1.807, 2.05) is 128 Å². The molecule has 0 amide bonds. The van der Waals surface area contributed by atoms with Crippen molar-refractivity contribution in [2.45, 2.75) is 37.8 Å². The van der Waals surface area contributed by atoms with Gasteiger partial charge in [0, 0.05) is 88.6 Å². The topological polar surface area (TPSA) is 206 Å². The van der Waals surface area contributed by atoms with Gasteiger partial charge >= 0.3 is 18.9 Å². The zero-order valence-corrected chi connectivity index (χ0v) is 58.5. The van der Waals surface area contributed by atoms with E-state index in [0.29, 0.717) is 0 Å². The second-order valence-corrected chi connectivity index (χ2v) is 27.0. The Bertz CT molecular complexity index is 6630. The van der Waals surface area contributed by atoms with Crippen LogP contribution in [0.25, 0.3) is 154 Å². The fraction of sp³-hybridized carbons (Fsp3) is 0.0690. The first kappa shape index (κ1) is 65.9. The van der Waals surface area contributed by atoms with Gasteiger partial charge in [0.05, 0.1) is 76.8 Å². The van der Waals surface area contributed by atoms with Gasteiger partial charge in [-0.15, -0.1) is 0 Å². The van der Waals surface area contributed by atoms with Gasteiger partial charge in [-0.1, -0.05) is 188 Å².